The first kappa shape index (κ1) is 14.9. The molecule has 2 heteroatoms. The Morgan fingerprint density at radius 2 is 1.76 bits per heavy atom. The first-order valence-corrected chi connectivity index (χ1v) is 8.53. The third kappa shape index (κ3) is 3.11. The molecule has 3 rings (SSSR count). The van der Waals surface area contributed by atoms with Crippen LogP contribution in [0.1, 0.15) is 76.0 Å². The van der Waals surface area contributed by atoms with Crippen molar-refractivity contribution >= 4 is 0 Å². The highest BCUT2D eigenvalue weighted by molar-refractivity contribution is 5.45. The lowest BCUT2D eigenvalue weighted by atomic mass is 9.81. The average molecular weight is 288 g/mol. The van der Waals surface area contributed by atoms with Gasteiger partial charge < -0.3 is 9.84 Å². The van der Waals surface area contributed by atoms with Crippen molar-refractivity contribution in [2.75, 3.05) is 6.61 Å². The Kier molecular flexibility index (Phi) is 4.26. The van der Waals surface area contributed by atoms with Crippen LogP contribution in [0, 0.1) is 5.92 Å². The second-order valence-electron chi connectivity index (χ2n) is 7.48. The van der Waals surface area contributed by atoms with Crippen LogP contribution >= 0.6 is 0 Å². The summed E-state index contributed by atoms with van der Waals surface area (Å²) in [6.07, 6.45) is 8.57. The van der Waals surface area contributed by atoms with Crippen LogP contribution in [0.3, 0.4) is 0 Å². The first-order chi connectivity index (χ1) is 10.1. The third-order valence-corrected chi connectivity index (χ3v) is 5.26. The minimum atomic E-state index is -0.315. The van der Waals surface area contributed by atoms with Crippen LogP contribution in [-0.2, 0) is 5.41 Å². The second-order valence-corrected chi connectivity index (χ2v) is 7.48. The molecule has 0 bridgehead atoms. The molecule has 1 aliphatic carbocycles. The van der Waals surface area contributed by atoms with Gasteiger partial charge >= 0.3 is 0 Å². The quantitative estimate of drug-likeness (QED) is 0.851. The van der Waals surface area contributed by atoms with Gasteiger partial charge in [-0.3, -0.25) is 0 Å². The molecule has 21 heavy (non-hydrogen) atoms. The van der Waals surface area contributed by atoms with Crippen LogP contribution in [0.25, 0.3) is 0 Å². The molecule has 1 fully saturated rings. The minimum Gasteiger partial charge on any atom is -0.492 e. The van der Waals surface area contributed by atoms with E-state index in [0.29, 0.717) is 5.92 Å². The minimum absolute atomic E-state index is 0.0615. The van der Waals surface area contributed by atoms with Crippen LogP contribution in [-0.4, -0.2) is 11.7 Å². The molecular weight excluding hydrogens is 260 g/mol. The van der Waals surface area contributed by atoms with Crippen LogP contribution in [0.5, 0.6) is 5.75 Å². The number of rotatable bonds is 2. The van der Waals surface area contributed by atoms with Gasteiger partial charge in [0.05, 0.1) is 12.7 Å². The van der Waals surface area contributed by atoms with E-state index in [9.17, 15) is 5.11 Å². The Labute approximate surface area is 128 Å². The molecule has 1 saturated carbocycles. The Morgan fingerprint density at radius 3 is 2.48 bits per heavy atom. The monoisotopic (exact) mass is 288 g/mol. The van der Waals surface area contributed by atoms with Crippen molar-refractivity contribution in [3.63, 3.8) is 0 Å². The SMILES string of the molecule is CC1(C)COc2ccc(C(O)C3CCCCCCC3)cc21. The molecular formula is C19H28O2. The van der Waals surface area contributed by atoms with Gasteiger partial charge in [0, 0.05) is 11.0 Å². The van der Waals surface area contributed by atoms with E-state index in [1.54, 1.807) is 0 Å². The molecule has 0 saturated heterocycles. The fraction of sp³-hybridized carbons (Fsp3) is 0.684. The van der Waals surface area contributed by atoms with Gasteiger partial charge in [0.2, 0.25) is 0 Å². The average Bonchev–Trinajstić information content (AvgIpc) is 2.73. The Bertz CT molecular complexity index is 484. The van der Waals surface area contributed by atoms with Gasteiger partial charge in [0.15, 0.2) is 0 Å². The summed E-state index contributed by atoms with van der Waals surface area (Å²) in [5.41, 5.74) is 2.40. The molecule has 1 aliphatic heterocycles. The van der Waals surface area contributed by atoms with Crippen molar-refractivity contribution in [2.24, 2.45) is 5.92 Å². The maximum atomic E-state index is 10.8. The standard InChI is InChI=1S/C19H28O2/c1-19(2)13-21-17-11-10-15(12-16(17)19)18(20)14-8-6-4-3-5-7-9-14/h10-12,14,18,20H,3-9,13H2,1-2H3. The van der Waals surface area contributed by atoms with Crippen LogP contribution in [0.4, 0.5) is 0 Å². The van der Waals surface area contributed by atoms with E-state index in [4.69, 9.17) is 4.74 Å². The first-order valence-electron chi connectivity index (χ1n) is 8.53. The zero-order valence-electron chi connectivity index (χ0n) is 13.4. The fourth-order valence-corrected chi connectivity index (χ4v) is 3.80. The topological polar surface area (TPSA) is 29.5 Å². The van der Waals surface area contributed by atoms with Crippen LogP contribution < -0.4 is 4.74 Å². The van der Waals surface area contributed by atoms with E-state index >= 15 is 0 Å². The number of ether oxygens (including phenoxy) is 1. The zero-order valence-corrected chi connectivity index (χ0v) is 13.4. The van der Waals surface area contributed by atoms with Gasteiger partial charge in [-0.15, -0.1) is 0 Å². The fourth-order valence-electron chi connectivity index (χ4n) is 3.80. The maximum absolute atomic E-state index is 10.8. The second kappa shape index (κ2) is 6.00. The lowest BCUT2D eigenvalue weighted by molar-refractivity contribution is 0.0912. The predicted octanol–water partition coefficient (Wildman–Crippen LogP) is 4.75. The number of hydrogen-bond donors (Lipinski definition) is 1. The number of hydrogen-bond acceptors (Lipinski definition) is 2. The number of fused-ring (bicyclic) bond motifs is 1. The molecule has 1 aromatic rings. The Hall–Kier alpha value is -1.02. The Balaban J connectivity index is 1.79. The highest BCUT2D eigenvalue weighted by atomic mass is 16.5. The number of aliphatic hydroxyl groups is 1. The third-order valence-electron chi connectivity index (χ3n) is 5.26. The van der Waals surface area contributed by atoms with Gasteiger partial charge in [-0.25, -0.2) is 0 Å². The molecule has 116 valence electrons. The summed E-state index contributed by atoms with van der Waals surface area (Å²) in [5, 5.41) is 10.8. The molecule has 0 spiro atoms. The van der Waals surface area contributed by atoms with E-state index < -0.39 is 0 Å². The Morgan fingerprint density at radius 1 is 1.10 bits per heavy atom. The molecule has 0 radical (unpaired) electrons. The van der Waals surface area contributed by atoms with Gasteiger partial charge in [-0.2, -0.15) is 0 Å². The molecule has 1 unspecified atom stereocenters. The summed E-state index contributed by atoms with van der Waals surface area (Å²) in [6.45, 7) is 5.17. The largest absolute Gasteiger partial charge is 0.492 e. The van der Waals surface area contributed by atoms with Gasteiger partial charge in [-0.1, -0.05) is 52.0 Å². The van der Waals surface area contributed by atoms with E-state index in [2.05, 4.69) is 26.0 Å². The van der Waals surface area contributed by atoms with Crippen molar-refractivity contribution in [2.45, 2.75) is 70.3 Å². The van der Waals surface area contributed by atoms with Crippen molar-refractivity contribution in [1.82, 2.24) is 0 Å². The molecule has 1 aromatic carbocycles. The summed E-state index contributed by atoms with van der Waals surface area (Å²) in [5.74, 6) is 1.42. The number of benzene rings is 1. The molecule has 1 N–H and O–H groups in total. The molecule has 0 amide bonds. The smallest absolute Gasteiger partial charge is 0.123 e. The molecule has 1 atom stereocenters. The summed E-state index contributed by atoms with van der Waals surface area (Å²) in [7, 11) is 0. The van der Waals surface area contributed by atoms with Gasteiger partial charge in [0.1, 0.15) is 5.75 Å². The normalized spacial score (nSPS) is 23.8. The molecule has 0 aromatic heterocycles. The van der Waals surface area contributed by atoms with Crippen molar-refractivity contribution in [1.29, 1.82) is 0 Å². The highest BCUT2D eigenvalue weighted by Gasteiger charge is 2.33. The summed E-state index contributed by atoms with van der Waals surface area (Å²) in [4.78, 5) is 0. The lowest BCUT2D eigenvalue weighted by Gasteiger charge is -2.26. The van der Waals surface area contributed by atoms with Crippen molar-refractivity contribution in [3.05, 3.63) is 29.3 Å². The number of aliphatic hydroxyl groups excluding tert-OH is 1. The molecule has 2 nitrogen and oxygen atoms in total. The van der Waals surface area contributed by atoms with Crippen LogP contribution in [0.2, 0.25) is 0 Å². The highest BCUT2D eigenvalue weighted by Crippen LogP contribution is 2.41. The van der Waals surface area contributed by atoms with E-state index in [-0.39, 0.29) is 11.5 Å². The molecule has 1 heterocycles. The van der Waals surface area contributed by atoms with E-state index in [0.717, 1.165) is 30.8 Å². The molecule has 2 aliphatic rings. The zero-order chi connectivity index (χ0) is 14.9. The predicted molar refractivity (Wildman–Crippen MR) is 85.7 cm³/mol. The summed E-state index contributed by atoms with van der Waals surface area (Å²) in [6, 6.07) is 6.29. The van der Waals surface area contributed by atoms with Crippen molar-refractivity contribution < 1.29 is 9.84 Å². The van der Waals surface area contributed by atoms with Gasteiger partial charge in [0.25, 0.3) is 0 Å². The van der Waals surface area contributed by atoms with E-state index in [1.807, 2.05) is 6.07 Å². The summed E-state index contributed by atoms with van der Waals surface area (Å²) >= 11 is 0. The summed E-state index contributed by atoms with van der Waals surface area (Å²) < 4.78 is 5.75. The maximum Gasteiger partial charge on any atom is 0.123 e. The lowest BCUT2D eigenvalue weighted by Crippen LogP contribution is -2.19. The van der Waals surface area contributed by atoms with Crippen molar-refractivity contribution in [3.8, 4) is 5.75 Å². The van der Waals surface area contributed by atoms with Gasteiger partial charge in [-0.05, 0) is 36.5 Å². The van der Waals surface area contributed by atoms with Crippen LogP contribution in [0.15, 0.2) is 18.2 Å². The van der Waals surface area contributed by atoms with E-state index in [1.165, 1.54) is 37.7 Å².